The molecule has 3 nitrogen and oxygen atoms in total. The van der Waals surface area contributed by atoms with E-state index in [-0.39, 0.29) is 6.61 Å². The lowest BCUT2D eigenvalue weighted by atomic mass is 10.0. The van der Waals surface area contributed by atoms with E-state index in [4.69, 9.17) is 4.74 Å². The molecule has 0 saturated carbocycles. The van der Waals surface area contributed by atoms with Crippen LogP contribution in [0.3, 0.4) is 0 Å². The number of benzene rings is 1. The fraction of sp³-hybridized carbons (Fsp3) is 0.333. The van der Waals surface area contributed by atoms with Gasteiger partial charge in [-0.25, -0.2) is 0 Å². The Morgan fingerprint density at radius 1 is 1.27 bits per heavy atom. The summed E-state index contributed by atoms with van der Waals surface area (Å²) in [7, 11) is 1.66. The first kappa shape index (κ1) is 10.2. The summed E-state index contributed by atoms with van der Waals surface area (Å²) in [5, 5.41) is 12.4. The Kier molecular flexibility index (Phi) is 3.04. The minimum absolute atomic E-state index is 0.133. The van der Waals surface area contributed by atoms with Crippen LogP contribution in [0.4, 0.5) is 0 Å². The third-order valence-corrected chi connectivity index (χ3v) is 2.70. The summed E-state index contributed by atoms with van der Waals surface area (Å²) in [6, 6.07) is 7.93. The van der Waals surface area contributed by atoms with E-state index in [1.54, 1.807) is 7.11 Å². The molecule has 0 aromatic heterocycles. The molecule has 3 heteroatoms. The summed E-state index contributed by atoms with van der Waals surface area (Å²) < 4.78 is 5.10. The number of methoxy groups -OCH3 is 1. The largest absolute Gasteiger partial charge is 0.497 e. The number of hydrogen-bond acceptors (Lipinski definition) is 3. The SMILES string of the molecule is COc1ccc(C2=C(CO)CNC2)cc1. The number of hydrogen-bond donors (Lipinski definition) is 2. The molecule has 80 valence electrons. The van der Waals surface area contributed by atoms with Gasteiger partial charge in [-0.3, -0.25) is 0 Å². The molecular formula is C12H15NO2. The van der Waals surface area contributed by atoms with Gasteiger partial charge in [-0.1, -0.05) is 12.1 Å². The second-order valence-electron chi connectivity index (χ2n) is 3.57. The molecule has 0 saturated heterocycles. The summed E-state index contributed by atoms with van der Waals surface area (Å²) in [6.07, 6.45) is 0. The van der Waals surface area contributed by atoms with Crippen molar-refractivity contribution in [1.29, 1.82) is 0 Å². The molecule has 1 aromatic carbocycles. The molecule has 0 spiro atoms. The summed E-state index contributed by atoms with van der Waals surface area (Å²) in [5.74, 6) is 0.857. The van der Waals surface area contributed by atoms with Crippen molar-refractivity contribution in [2.45, 2.75) is 0 Å². The molecule has 0 unspecified atom stereocenters. The molecular weight excluding hydrogens is 190 g/mol. The maximum Gasteiger partial charge on any atom is 0.118 e. The zero-order valence-electron chi connectivity index (χ0n) is 8.79. The van der Waals surface area contributed by atoms with Gasteiger partial charge in [0, 0.05) is 13.1 Å². The Morgan fingerprint density at radius 3 is 2.60 bits per heavy atom. The average molecular weight is 205 g/mol. The highest BCUT2D eigenvalue weighted by molar-refractivity contribution is 5.72. The molecule has 0 fully saturated rings. The molecule has 0 atom stereocenters. The van der Waals surface area contributed by atoms with Gasteiger partial charge in [0.05, 0.1) is 13.7 Å². The minimum atomic E-state index is 0.133. The number of aliphatic hydroxyl groups excluding tert-OH is 1. The number of aliphatic hydroxyl groups is 1. The van der Waals surface area contributed by atoms with Crippen LogP contribution in [-0.4, -0.2) is 31.9 Å². The molecule has 2 rings (SSSR count). The van der Waals surface area contributed by atoms with Crippen molar-refractivity contribution in [3.05, 3.63) is 35.4 Å². The van der Waals surface area contributed by atoms with Crippen LogP contribution >= 0.6 is 0 Å². The third kappa shape index (κ3) is 2.03. The Bertz CT molecular complexity index is 368. The van der Waals surface area contributed by atoms with E-state index in [2.05, 4.69) is 5.32 Å². The standard InChI is InChI=1S/C12H15NO2/c1-15-11-4-2-9(3-5-11)12-7-13-6-10(12)8-14/h2-5,13-14H,6-8H2,1H3. The maximum absolute atomic E-state index is 9.18. The Hall–Kier alpha value is -1.32. The maximum atomic E-state index is 9.18. The molecule has 0 amide bonds. The van der Waals surface area contributed by atoms with Crippen molar-refractivity contribution in [2.75, 3.05) is 26.8 Å². The second-order valence-corrected chi connectivity index (χ2v) is 3.57. The number of ether oxygens (including phenoxy) is 1. The van der Waals surface area contributed by atoms with Crippen molar-refractivity contribution in [3.8, 4) is 5.75 Å². The summed E-state index contributed by atoms with van der Waals surface area (Å²) in [6.45, 7) is 1.76. The number of rotatable bonds is 3. The highest BCUT2D eigenvalue weighted by Gasteiger charge is 2.14. The molecule has 1 aromatic rings. The van der Waals surface area contributed by atoms with E-state index in [0.717, 1.165) is 30.0 Å². The fourth-order valence-corrected chi connectivity index (χ4v) is 1.82. The van der Waals surface area contributed by atoms with Crippen molar-refractivity contribution in [3.63, 3.8) is 0 Å². The van der Waals surface area contributed by atoms with E-state index in [1.807, 2.05) is 24.3 Å². The van der Waals surface area contributed by atoms with Crippen molar-refractivity contribution >= 4 is 5.57 Å². The van der Waals surface area contributed by atoms with E-state index < -0.39 is 0 Å². The minimum Gasteiger partial charge on any atom is -0.497 e. The monoisotopic (exact) mass is 205 g/mol. The Morgan fingerprint density at radius 2 is 2.00 bits per heavy atom. The van der Waals surface area contributed by atoms with Gasteiger partial charge in [0.1, 0.15) is 5.75 Å². The zero-order chi connectivity index (χ0) is 10.7. The molecule has 0 bridgehead atoms. The Labute approximate surface area is 89.4 Å². The molecule has 1 aliphatic heterocycles. The summed E-state index contributed by atoms with van der Waals surface area (Å²) >= 11 is 0. The lowest BCUT2D eigenvalue weighted by Gasteiger charge is -2.06. The summed E-state index contributed by atoms with van der Waals surface area (Å²) in [5.41, 5.74) is 3.45. The zero-order valence-corrected chi connectivity index (χ0v) is 8.79. The van der Waals surface area contributed by atoms with Gasteiger partial charge in [-0.05, 0) is 28.8 Å². The lowest BCUT2D eigenvalue weighted by Crippen LogP contribution is -2.09. The van der Waals surface area contributed by atoms with Gasteiger partial charge in [0.15, 0.2) is 0 Å². The van der Waals surface area contributed by atoms with Crippen LogP contribution in [0.2, 0.25) is 0 Å². The third-order valence-electron chi connectivity index (χ3n) is 2.70. The molecule has 0 radical (unpaired) electrons. The van der Waals surface area contributed by atoms with Gasteiger partial charge in [-0.2, -0.15) is 0 Å². The van der Waals surface area contributed by atoms with Crippen molar-refractivity contribution < 1.29 is 9.84 Å². The van der Waals surface area contributed by atoms with Gasteiger partial charge >= 0.3 is 0 Å². The topological polar surface area (TPSA) is 41.5 Å². The van der Waals surface area contributed by atoms with E-state index >= 15 is 0 Å². The van der Waals surface area contributed by atoms with Crippen LogP contribution in [0.25, 0.3) is 5.57 Å². The Balaban J connectivity index is 2.29. The van der Waals surface area contributed by atoms with Gasteiger partial charge in [-0.15, -0.1) is 0 Å². The normalized spacial score (nSPS) is 15.9. The van der Waals surface area contributed by atoms with E-state index in [1.165, 1.54) is 5.57 Å². The van der Waals surface area contributed by atoms with Crippen LogP contribution < -0.4 is 10.1 Å². The molecule has 1 heterocycles. The van der Waals surface area contributed by atoms with E-state index in [9.17, 15) is 5.11 Å². The molecule has 0 aliphatic carbocycles. The first-order valence-corrected chi connectivity index (χ1v) is 5.02. The average Bonchev–Trinajstić information content (AvgIpc) is 2.77. The molecule has 2 N–H and O–H groups in total. The molecule has 1 aliphatic rings. The summed E-state index contributed by atoms with van der Waals surface area (Å²) in [4.78, 5) is 0. The van der Waals surface area contributed by atoms with Gasteiger partial charge < -0.3 is 15.2 Å². The van der Waals surface area contributed by atoms with Crippen LogP contribution in [0.5, 0.6) is 5.75 Å². The van der Waals surface area contributed by atoms with Gasteiger partial charge in [0.25, 0.3) is 0 Å². The van der Waals surface area contributed by atoms with Crippen molar-refractivity contribution in [2.24, 2.45) is 0 Å². The first-order valence-electron chi connectivity index (χ1n) is 5.02. The smallest absolute Gasteiger partial charge is 0.118 e. The fourth-order valence-electron chi connectivity index (χ4n) is 1.82. The highest BCUT2D eigenvalue weighted by Crippen LogP contribution is 2.23. The first-order chi connectivity index (χ1) is 7.35. The van der Waals surface area contributed by atoms with Crippen LogP contribution in [0.15, 0.2) is 29.8 Å². The lowest BCUT2D eigenvalue weighted by molar-refractivity contribution is 0.330. The quantitative estimate of drug-likeness (QED) is 0.775. The highest BCUT2D eigenvalue weighted by atomic mass is 16.5. The van der Waals surface area contributed by atoms with Crippen LogP contribution in [0, 0.1) is 0 Å². The predicted octanol–water partition coefficient (Wildman–Crippen LogP) is 1.04. The van der Waals surface area contributed by atoms with Crippen LogP contribution in [0.1, 0.15) is 5.56 Å². The molecule has 15 heavy (non-hydrogen) atoms. The second kappa shape index (κ2) is 4.47. The van der Waals surface area contributed by atoms with Crippen LogP contribution in [-0.2, 0) is 0 Å². The predicted molar refractivity (Wildman–Crippen MR) is 59.9 cm³/mol. The number of nitrogens with one attached hydrogen (secondary N) is 1. The van der Waals surface area contributed by atoms with Gasteiger partial charge in [0.2, 0.25) is 0 Å². The van der Waals surface area contributed by atoms with E-state index in [0.29, 0.717) is 0 Å². The van der Waals surface area contributed by atoms with Crippen molar-refractivity contribution in [1.82, 2.24) is 5.32 Å².